The molecule has 0 saturated carbocycles. The minimum absolute atomic E-state index is 0.154. The van der Waals surface area contributed by atoms with Crippen LogP contribution in [0.3, 0.4) is 0 Å². The summed E-state index contributed by atoms with van der Waals surface area (Å²) in [6, 6.07) is 17.1. The maximum Gasteiger partial charge on any atom is 0.274 e. The van der Waals surface area contributed by atoms with Gasteiger partial charge >= 0.3 is 0 Å². The Kier molecular flexibility index (Phi) is 3.83. The maximum absolute atomic E-state index is 12.3. The van der Waals surface area contributed by atoms with Gasteiger partial charge in [0, 0.05) is 17.3 Å². The maximum atomic E-state index is 12.3. The fourth-order valence-electron chi connectivity index (χ4n) is 2.19. The lowest BCUT2D eigenvalue weighted by Gasteiger charge is -2.07. The molecule has 3 rings (SSSR count). The Labute approximate surface area is 133 Å². The number of carbonyl (C=O) groups is 1. The molecular weight excluding hydrogens is 312 g/mol. The van der Waals surface area contributed by atoms with Gasteiger partial charge in [0.25, 0.3) is 5.91 Å². The first kappa shape index (κ1) is 15.2. The molecule has 2 aromatic carbocycles. The van der Waals surface area contributed by atoms with Gasteiger partial charge in [-0.15, -0.1) is 0 Å². The summed E-state index contributed by atoms with van der Waals surface area (Å²) in [4.78, 5) is 16.8. The summed E-state index contributed by atoms with van der Waals surface area (Å²) in [5.74, 6) is -0.388. The summed E-state index contributed by atoms with van der Waals surface area (Å²) in [6.07, 6.45) is 1.12. The summed E-state index contributed by atoms with van der Waals surface area (Å²) in [7, 11) is -3.32. The van der Waals surface area contributed by atoms with Crippen LogP contribution < -0.4 is 5.32 Å². The smallest absolute Gasteiger partial charge is 0.274 e. The van der Waals surface area contributed by atoms with E-state index in [-0.39, 0.29) is 16.5 Å². The number of sulfone groups is 1. The van der Waals surface area contributed by atoms with Crippen molar-refractivity contribution in [3.63, 3.8) is 0 Å². The van der Waals surface area contributed by atoms with Crippen molar-refractivity contribution in [1.82, 2.24) is 4.98 Å². The molecule has 0 unspecified atom stereocenters. The molecule has 6 heteroatoms. The Morgan fingerprint density at radius 1 is 1.00 bits per heavy atom. The molecule has 0 radical (unpaired) electrons. The number of amides is 1. The molecule has 3 aromatic rings. The minimum Gasteiger partial charge on any atom is -0.321 e. The van der Waals surface area contributed by atoms with Crippen LogP contribution in [0, 0.1) is 0 Å². The highest BCUT2D eigenvalue weighted by atomic mass is 32.2. The zero-order valence-electron chi connectivity index (χ0n) is 12.4. The molecule has 1 aromatic heterocycles. The fourth-order valence-corrected chi connectivity index (χ4v) is 2.86. The molecule has 0 saturated heterocycles. The Hall–Kier alpha value is -2.73. The Morgan fingerprint density at radius 3 is 2.57 bits per heavy atom. The number of rotatable bonds is 3. The fraction of sp³-hybridized carbons (Fsp3) is 0.0588. The van der Waals surface area contributed by atoms with Crippen molar-refractivity contribution in [2.45, 2.75) is 4.90 Å². The lowest BCUT2D eigenvalue weighted by atomic mass is 10.2. The van der Waals surface area contributed by atoms with E-state index in [1.807, 2.05) is 30.3 Å². The molecule has 1 amide bonds. The highest BCUT2D eigenvalue weighted by Gasteiger charge is 2.11. The molecule has 23 heavy (non-hydrogen) atoms. The summed E-state index contributed by atoms with van der Waals surface area (Å²) in [5.41, 5.74) is 1.41. The highest BCUT2D eigenvalue weighted by Crippen LogP contribution is 2.17. The van der Waals surface area contributed by atoms with Crippen LogP contribution in [0.25, 0.3) is 10.9 Å². The van der Waals surface area contributed by atoms with Crippen molar-refractivity contribution in [3.05, 3.63) is 66.4 Å². The normalized spacial score (nSPS) is 11.3. The van der Waals surface area contributed by atoms with E-state index in [2.05, 4.69) is 10.3 Å². The van der Waals surface area contributed by atoms with E-state index < -0.39 is 9.84 Å². The number of pyridine rings is 1. The molecular formula is C17H14N2O3S. The van der Waals surface area contributed by atoms with Gasteiger partial charge in [0.15, 0.2) is 9.84 Å². The minimum atomic E-state index is -3.32. The number of nitrogens with zero attached hydrogens (tertiary/aromatic N) is 1. The van der Waals surface area contributed by atoms with Crippen LogP contribution in [0.15, 0.2) is 65.6 Å². The highest BCUT2D eigenvalue weighted by molar-refractivity contribution is 7.90. The third-order valence-electron chi connectivity index (χ3n) is 3.35. The van der Waals surface area contributed by atoms with E-state index in [1.54, 1.807) is 18.2 Å². The first-order valence-electron chi connectivity index (χ1n) is 6.91. The summed E-state index contributed by atoms with van der Waals surface area (Å²) < 4.78 is 23.1. The molecule has 0 spiro atoms. The largest absolute Gasteiger partial charge is 0.321 e. The lowest BCUT2D eigenvalue weighted by Crippen LogP contribution is -2.14. The second kappa shape index (κ2) is 5.81. The Morgan fingerprint density at radius 2 is 1.78 bits per heavy atom. The molecule has 0 bridgehead atoms. The average molecular weight is 326 g/mol. The Bertz CT molecular complexity index is 997. The van der Waals surface area contributed by atoms with Crippen molar-refractivity contribution in [2.24, 2.45) is 0 Å². The molecule has 0 aliphatic heterocycles. The summed E-state index contributed by atoms with van der Waals surface area (Å²) >= 11 is 0. The number of nitrogens with one attached hydrogen (secondary N) is 1. The first-order valence-corrected chi connectivity index (χ1v) is 8.80. The third-order valence-corrected chi connectivity index (χ3v) is 4.46. The van der Waals surface area contributed by atoms with Gasteiger partial charge in [0.05, 0.1) is 10.4 Å². The van der Waals surface area contributed by atoms with Gasteiger partial charge in [-0.25, -0.2) is 13.4 Å². The van der Waals surface area contributed by atoms with Gasteiger partial charge in [-0.05, 0) is 30.3 Å². The van der Waals surface area contributed by atoms with Crippen molar-refractivity contribution in [3.8, 4) is 0 Å². The zero-order chi connectivity index (χ0) is 16.4. The van der Waals surface area contributed by atoms with Crippen LogP contribution in [0.5, 0.6) is 0 Å². The first-order chi connectivity index (χ1) is 10.9. The molecule has 0 aliphatic rings. The average Bonchev–Trinajstić information content (AvgIpc) is 2.54. The number of aromatic nitrogens is 1. The molecule has 1 N–H and O–H groups in total. The second-order valence-electron chi connectivity index (χ2n) is 5.14. The van der Waals surface area contributed by atoms with Gasteiger partial charge in [-0.1, -0.05) is 30.3 Å². The van der Waals surface area contributed by atoms with Crippen LogP contribution in [-0.4, -0.2) is 25.6 Å². The van der Waals surface area contributed by atoms with Crippen molar-refractivity contribution >= 4 is 32.3 Å². The topological polar surface area (TPSA) is 76.1 Å². The monoisotopic (exact) mass is 326 g/mol. The molecule has 0 atom stereocenters. The number of hydrogen-bond donors (Lipinski definition) is 1. The van der Waals surface area contributed by atoms with E-state index in [0.29, 0.717) is 5.69 Å². The molecule has 5 nitrogen and oxygen atoms in total. The van der Waals surface area contributed by atoms with E-state index >= 15 is 0 Å². The van der Waals surface area contributed by atoms with E-state index in [9.17, 15) is 13.2 Å². The lowest BCUT2D eigenvalue weighted by molar-refractivity contribution is 0.102. The van der Waals surface area contributed by atoms with Gasteiger partial charge in [0.1, 0.15) is 5.69 Å². The van der Waals surface area contributed by atoms with Crippen molar-refractivity contribution in [2.75, 3.05) is 11.6 Å². The van der Waals surface area contributed by atoms with E-state index in [0.717, 1.165) is 17.2 Å². The van der Waals surface area contributed by atoms with Crippen molar-refractivity contribution < 1.29 is 13.2 Å². The van der Waals surface area contributed by atoms with E-state index in [4.69, 9.17) is 0 Å². The van der Waals surface area contributed by atoms with E-state index in [1.165, 1.54) is 12.1 Å². The van der Waals surface area contributed by atoms with Crippen LogP contribution >= 0.6 is 0 Å². The summed E-state index contributed by atoms with van der Waals surface area (Å²) in [6.45, 7) is 0. The molecule has 116 valence electrons. The number of carbonyl (C=O) groups excluding carboxylic acids is 1. The number of anilines is 1. The van der Waals surface area contributed by atoms with Crippen LogP contribution in [0.4, 0.5) is 5.69 Å². The van der Waals surface area contributed by atoms with Gasteiger partial charge < -0.3 is 5.32 Å². The number of fused-ring (bicyclic) bond motifs is 1. The third kappa shape index (κ3) is 3.37. The standard InChI is InChI=1S/C17H14N2O3S/c1-23(21,22)14-7-4-6-13(11-14)18-17(20)16-10-9-12-5-2-3-8-15(12)19-16/h2-11H,1H3,(H,18,20). The van der Waals surface area contributed by atoms with Crippen LogP contribution in [0.2, 0.25) is 0 Å². The predicted molar refractivity (Wildman–Crippen MR) is 89.2 cm³/mol. The second-order valence-corrected chi connectivity index (χ2v) is 7.16. The number of hydrogen-bond acceptors (Lipinski definition) is 4. The number of benzene rings is 2. The zero-order valence-corrected chi connectivity index (χ0v) is 13.2. The molecule has 0 aliphatic carbocycles. The van der Waals surface area contributed by atoms with Gasteiger partial charge in [0.2, 0.25) is 0 Å². The van der Waals surface area contributed by atoms with Gasteiger partial charge in [-0.2, -0.15) is 0 Å². The summed E-state index contributed by atoms with van der Waals surface area (Å²) in [5, 5.41) is 3.62. The van der Waals surface area contributed by atoms with Gasteiger partial charge in [-0.3, -0.25) is 4.79 Å². The quantitative estimate of drug-likeness (QED) is 0.803. The molecule has 0 fully saturated rings. The number of para-hydroxylation sites is 1. The predicted octanol–water partition coefficient (Wildman–Crippen LogP) is 2.89. The van der Waals surface area contributed by atoms with Crippen LogP contribution in [0.1, 0.15) is 10.5 Å². The Balaban J connectivity index is 1.88. The molecule has 1 heterocycles. The SMILES string of the molecule is CS(=O)(=O)c1cccc(NC(=O)c2ccc3ccccc3n2)c1. The van der Waals surface area contributed by atoms with Crippen molar-refractivity contribution in [1.29, 1.82) is 0 Å². The van der Waals surface area contributed by atoms with Crippen LogP contribution in [-0.2, 0) is 9.84 Å².